The van der Waals surface area contributed by atoms with Gasteiger partial charge in [0, 0.05) is 0 Å². The molecular weight excluding hydrogens is 354 g/mol. The summed E-state index contributed by atoms with van der Waals surface area (Å²) < 4.78 is 33.4. The van der Waals surface area contributed by atoms with Gasteiger partial charge in [0.15, 0.2) is 0 Å². The van der Waals surface area contributed by atoms with E-state index < -0.39 is 18.3 Å². The van der Waals surface area contributed by atoms with Crippen LogP contribution in [-0.2, 0) is 14.0 Å². The summed E-state index contributed by atoms with van der Waals surface area (Å²) in [5.41, 5.74) is -0.114. The van der Waals surface area contributed by atoms with E-state index in [2.05, 4.69) is 0 Å². The van der Waals surface area contributed by atoms with Gasteiger partial charge >= 0.3 is 7.12 Å². The molecule has 5 heteroatoms. The summed E-state index contributed by atoms with van der Waals surface area (Å²) in [6.07, 6.45) is 0.538. The highest BCUT2D eigenvalue weighted by atomic mass is 19.1. The van der Waals surface area contributed by atoms with E-state index in [4.69, 9.17) is 14.0 Å². The predicted molar refractivity (Wildman–Crippen MR) is 114 cm³/mol. The Morgan fingerprint density at radius 3 is 2.25 bits per heavy atom. The normalized spacial score (nSPS) is 19.4. The molecule has 0 aromatic heterocycles. The molecule has 1 fully saturated rings. The fourth-order valence-corrected chi connectivity index (χ4v) is 3.36. The van der Waals surface area contributed by atoms with Gasteiger partial charge < -0.3 is 14.0 Å². The SMILES string of the molecule is CC(C)OCCC(=C(F)B1OC(C)(C)C(C)(C)O1)c1cccc2ccccc12. The monoisotopic (exact) mass is 384 g/mol. The van der Waals surface area contributed by atoms with Gasteiger partial charge in [-0.1, -0.05) is 42.5 Å². The maximum Gasteiger partial charge on any atom is 0.525 e. The second kappa shape index (κ2) is 7.98. The number of ether oxygens (including phenoxy) is 1. The van der Waals surface area contributed by atoms with Gasteiger partial charge in [0.2, 0.25) is 0 Å². The molecular formula is C23H30BFO3. The molecule has 0 spiro atoms. The van der Waals surface area contributed by atoms with Gasteiger partial charge in [-0.05, 0) is 69.9 Å². The van der Waals surface area contributed by atoms with E-state index in [0.29, 0.717) is 18.6 Å². The van der Waals surface area contributed by atoms with Gasteiger partial charge in [-0.3, -0.25) is 0 Å². The number of hydrogen-bond donors (Lipinski definition) is 0. The van der Waals surface area contributed by atoms with Crippen LogP contribution in [0.25, 0.3) is 16.3 Å². The number of benzene rings is 2. The molecule has 0 unspecified atom stereocenters. The molecule has 0 bridgehead atoms. The Morgan fingerprint density at radius 1 is 1.00 bits per heavy atom. The van der Waals surface area contributed by atoms with Crippen LogP contribution in [0.3, 0.4) is 0 Å². The second-order valence-electron chi connectivity index (χ2n) is 8.61. The fraction of sp³-hybridized carbons (Fsp3) is 0.478. The van der Waals surface area contributed by atoms with Crippen LogP contribution < -0.4 is 0 Å². The molecule has 0 radical (unpaired) electrons. The first-order valence-corrected chi connectivity index (χ1v) is 9.96. The molecule has 0 atom stereocenters. The van der Waals surface area contributed by atoms with E-state index >= 15 is 4.39 Å². The summed E-state index contributed by atoms with van der Waals surface area (Å²) in [4.78, 5) is 0. The standard InChI is InChI=1S/C23H30BFO3/c1-16(2)26-15-14-20(19-13-9-11-17-10-7-8-12-18(17)19)21(25)24-27-22(3,4)23(5,6)28-24/h7-13,16H,14-15H2,1-6H3. The summed E-state index contributed by atoms with van der Waals surface area (Å²) in [6.45, 7) is 12.1. The second-order valence-corrected chi connectivity index (χ2v) is 8.61. The topological polar surface area (TPSA) is 27.7 Å². The zero-order chi connectivity index (χ0) is 20.5. The van der Waals surface area contributed by atoms with Crippen LogP contribution in [0.4, 0.5) is 4.39 Å². The highest BCUT2D eigenvalue weighted by Gasteiger charge is 2.53. The van der Waals surface area contributed by atoms with Crippen molar-refractivity contribution in [2.75, 3.05) is 6.61 Å². The van der Waals surface area contributed by atoms with Crippen molar-refractivity contribution in [2.24, 2.45) is 0 Å². The van der Waals surface area contributed by atoms with Crippen molar-refractivity contribution in [2.45, 2.75) is 65.3 Å². The average molecular weight is 384 g/mol. The molecule has 3 nitrogen and oxygen atoms in total. The summed E-state index contributed by atoms with van der Waals surface area (Å²) >= 11 is 0. The maximum atomic E-state index is 15.8. The van der Waals surface area contributed by atoms with Crippen LogP contribution in [0.1, 0.15) is 53.5 Å². The van der Waals surface area contributed by atoms with Crippen LogP contribution in [-0.4, -0.2) is 31.0 Å². The lowest BCUT2D eigenvalue weighted by Gasteiger charge is -2.32. The fourth-order valence-electron chi connectivity index (χ4n) is 3.36. The van der Waals surface area contributed by atoms with E-state index in [1.807, 2.05) is 84.0 Å². The molecule has 3 rings (SSSR count). The van der Waals surface area contributed by atoms with E-state index in [9.17, 15) is 0 Å². The molecule has 1 aliphatic rings. The third-order valence-corrected chi connectivity index (χ3v) is 5.67. The van der Waals surface area contributed by atoms with Crippen molar-refractivity contribution in [1.82, 2.24) is 0 Å². The molecule has 2 aromatic rings. The smallest absolute Gasteiger partial charge is 0.398 e. The Balaban J connectivity index is 2.05. The highest BCUT2D eigenvalue weighted by molar-refractivity contribution is 6.55. The zero-order valence-electron chi connectivity index (χ0n) is 17.7. The molecule has 150 valence electrons. The Morgan fingerprint density at radius 2 is 1.61 bits per heavy atom. The van der Waals surface area contributed by atoms with E-state index in [-0.39, 0.29) is 11.8 Å². The minimum atomic E-state index is -1.02. The summed E-state index contributed by atoms with van der Waals surface area (Å²) in [6, 6.07) is 14.0. The van der Waals surface area contributed by atoms with Gasteiger partial charge in [-0.25, -0.2) is 4.39 Å². The largest absolute Gasteiger partial charge is 0.525 e. The Bertz CT molecular complexity index is 852. The number of rotatable bonds is 6. The van der Waals surface area contributed by atoms with Gasteiger partial charge in [-0.15, -0.1) is 0 Å². The van der Waals surface area contributed by atoms with Crippen LogP contribution in [0.2, 0.25) is 0 Å². The molecule has 28 heavy (non-hydrogen) atoms. The average Bonchev–Trinajstić information content (AvgIpc) is 2.85. The Kier molecular flexibility index (Phi) is 5.99. The van der Waals surface area contributed by atoms with Crippen molar-refractivity contribution in [1.29, 1.82) is 0 Å². The van der Waals surface area contributed by atoms with Crippen LogP contribution in [0.15, 0.2) is 48.2 Å². The molecule has 1 aliphatic heterocycles. The van der Waals surface area contributed by atoms with E-state index in [1.54, 1.807) is 0 Å². The maximum absolute atomic E-state index is 15.8. The molecule has 1 saturated heterocycles. The summed E-state index contributed by atoms with van der Waals surface area (Å²) in [7, 11) is -1.02. The first-order chi connectivity index (χ1) is 13.1. The van der Waals surface area contributed by atoms with Crippen LogP contribution in [0, 0.1) is 0 Å². The lowest BCUT2D eigenvalue weighted by molar-refractivity contribution is 0.00578. The van der Waals surface area contributed by atoms with Crippen LogP contribution in [0.5, 0.6) is 0 Å². The minimum absolute atomic E-state index is 0.0914. The van der Waals surface area contributed by atoms with E-state index in [0.717, 1.165) is 16.3 Å². The lowest BCUT2D eigenvalue weighted by atomic mass is 9.81. The Labute approximate surface area is 168 Å². The molecule has 2 aromatic carbocycles. The first-order valence-electron chi connectivity index (χ1n) is 9.96. The summed E-state index contributed by atoms with van der Waals surface area (Å²) in [5.74, 6) is 0. The third-order valence-electron chi connectivity index (χ3n) is 5.67. The van der Waals surface area contributed by atoms with Crippen LogP contribution >= 0.6 is 0 Å². The quantitative estimate of drug-likeness (QED) is 0.575. The number of halogens is 1. The number of fused-ring (bicyclic) bond motifs is 1. The van der Waals surface area contributed by atoms with Crippen molar-refractivity contribution in [3.63, 3.8) is 0 Å². The zero-order valence-corrected chi connectivity index (χ0v) is 17.7. The summed E-state index contributed by atoms with van der Waals surface area (Å²) in [5, 5.41) is 2.08. The van der Waals surface area contributed by atoms with Gasteiger partial charge in [0.1, 0.15) is 5.73 Å². The van der Waals surface area contributed by atoms with E-state index in [1.165, 1.54) is 0 Å². The Hall–Kier alpha value is -1.69. The predicted octanol–water partition coefficient (Wildman–Crippen LogP) is 5.97. The van der Waals surface area contributed by atoms with Gasteiger partial charge in [0.25, 0.3) is 0 Å². The van der Waals surface area contributed by atoms with Gasteiger partial charge in [-0.2, -0.15) is 0 Å². The molecule has 1 heterocycles. The first kappa shape index (κ1) is 21.0. The number of hydrogen-bond acceptors (Lipinski definition) is 3. The molecule has 0 amide bonds. The third kappa shape index (κ3) is 4.17. The lowest BCUT2D eigenvalue weighted by Crippen LogP contribution is -2.41. The van der Waals surface area contributed by atoms with Crippen molar-refractivity contribution < 1.29 is 18.4 Å². The molecule has 0 aliphatic carbocycles. The highest BCUT2D eigenvalue weighted by Crippen LogP contribution is 2.41. The minimum Gasteiger partial charge on any atom is -0.398 e. The van der Waals surface area contributed by atoms with Crippen molar-refractivity contribution in [3.05, 3.63) is 53.8 Å². The van der Waals surface area contributed by atoms with Crippen molar-refractivity contribution in [3.8, 4) is 0 Å². The van der Waals surface area contributed by atoms with Gasteiger partial charge in [0.05, 0.1) is 23.9 Å². The molecule has 0 saturated carbocycles. The molecule has 0 N–H and O–H groups in total. The van der Waals surface area contributed by atoms with Crippen molar-refractivity contribution >= 4 is 23.5 Å².